The number of anilines is 3. The van der Waals surface area contributed by atoms with Crippen molar-refractivity contribution in [1.82, 2.24) is 19.4 Å². The van der Waals surface area contributed by atoms with E-state index in [1.54, 1.807) is 29.2 Å². The highest BCUT2D eigenvalue weighted by molar-refractivity contribution is 7.92. The average molecular weight is 555 g/mol. The second-order valence-electron chi connectivity index (χ2n) is 10.7. The van der Waals surface area contributed by atoms with E-state index in [2.05, 4.69) is 31.6 Å². The van der Waals surface area contributed by atoms with Crippen LogP contribution in [0.15, 0.2) is 45.9 Å². The molecule has 6 rings (SSSR count). The molecule has 1 saturated carbocycles. The molecule has 39 heavy (non-hydrogen) atoms. The maximum absolute atomic E-state index is 15.6. The molecular formula is C27H32F2N8OS. The zero-order chi connectivity index (χ0) is 27.3. The topological polar surface area (TPSA) is 91.0 Å². The number of aliphatic imine (C=N–C) groups is 1. The number of nitrogens with zero attached hydrogens (tertiary/aromatic N) is 7. The van der Waals surface area contributed by atoms with Gasteiger partial charge in [0, 0.05) is 72.6 Å². The predicted molar refractivity (Wildman–Crippen MR) is 152 cm³/mol. The second kappa shape index (κ2) is 9.98. The monoisotopic (exact) mass is 554 g/mol. The highest BCUT2D eigenvalue weighted by atomic mass is 32.2. The van der Waals surface area contributed by atoms with Gasteiger partial charge in [0.15, 0.2) is 17.6 Å². The van der Waals surface area contributed by atoms with Crippen molar-refractivity contribution >= 4 is 43.9 Å². The van der Waals surface area contributed by atoms with Crippen LogP contribution in [0.2, 0.25) is 0 Å². The third-order valence-electron chi connectivity index (χ3n) is 7.19. The Hall–Kier alpha value is -3.38. The molecule has 2 aromatic heterocycles. The van der Waals surface area contributed by atoms with Crippen molar-refractivity contribution in [2.75, 3.05) is 56.0 Å². The van der Waals surface area contributed by atoms with Crippen LogP contribution in [-0.2, 0) is 9.73 Å². The lowest BCUT2D eigenvalue weighted by atomic mass is 10.2. The van der Waals surface area contributed by atoms with Gasteiger partial charge in [-0.15, -0.1) is 0 Å². The van der Waals surface area contributed by atoms with E-state index in [4.69, 9.17) is 4.99 Å². The van der Waals surface area contributed by atoms with Gasteiger partial charge in [0.2, 0.25) is 5.95 Å². The minimum atomic E-state index is -2.36. The van der Waals surface area contributed by atoms with E-state index in [1.807, 2.05) is 17.1 Å². The molecule has 0 spiro atoms. The van der Waals surface area contributed by atoms with Gasteiger partial charge in [0.1, 0.15) is 11.7 Å². The van der Waals surface area contributed by atoms with Gasteiger partial charge in [-0.25, -0.2) is 23.1 Å². The number of piperazine rings is 1. The van der Waals surface area contributed by atoms with Crippen molar-refractivity contribution in [3.8, 4) is 0 Å². The zero-order valence-electron chi connectivity index (χ0n) is 22.3. The van der Waals surface area contributed by atoms with E-state index in [-0.39, 0.29) is 23.5 Å². The molecule has 2 fully saturated rings. The van der Waals surface area contributed by atoms with Crippen molar-refractivity contribution in [3.05, 3.63) is 53.9 Å². The molecule has 12 heteroatoms. The lowest BCUT2D eigenvalue weighted by Crippen LogP contribution is -2.44. The number of rotatable bonds is 5. The van der Waals surface area contributed by atoms with Crippen molar-refractivity contribution in [3.63, 3.8) is 0 Å². The van der Waals surface area contributed by atoms with Crippen LogP contribution in [0.3, 0.4) is 0 Å². The van der Waals surface area contributed by atoms with Crippen molar-refractivity contribution in [1.29, 1.82) is 0 Å². The van der Waals surface area contributed by atoms with Crippen LogP contribution in [-0.4, -0.2) is 81.4 Å². The quantitative estimate of drug-likeness (QED) is 0.505. The summed E-state index contributed by atoms with van der Waals surface area (Å²) < 4.78 is 49.0. The second-order valence-corrected chi connectivity index (χ2v) is 13.3. The maximum atomic E-state index is 15.6. The van der Waals surface area contributed by atoms with E-state index < -0.39 is 15.9 Å². The first-order valence-electron chi connectivity index (χ1n) is 13.1. The Balaban J connectivity index is 1.35. The molecule has 4 heterocycles. The number of fused-ring (bicyclic) bond motifs is 1. The molecule has 0 bridgehead atoms. The predicted octanol–water partition coefficient (Wildman–Crippen LogP) is 4.34. The largest absolute Gasteiger partial charge is 0.367 e. The Morgan fingerprint density at radius 1 is 1.13 bits per heavy atom. The fourth-order valence-electron chi connectivity index (χ4n) is 5.11. The number of dihydropyridines is 1. The first kappa shape index (κ1) is 25.9. The molecule has 9 nitrogen and oxygen atoms in total. The first-order chi connectivity index (χ1) is 18.7. The summed E-state index contributed by atoms with van der Waals surface area (Å²) in [6.45, 7) is 3.31. The minimum absolute atomic E-state index is 0.0711. The summed E-state index contributed by atoms with van der Waals surface area (Å²) in [7, 11) is -0.297. The average Bonchev–Trinajstić information content (AvgIpc) is 3.68. The van der Waals surface area contributed by atoms with Crippen LogP contribution < -0.4 is 10.2 Å². The summed E-state index contributed by atoms with van der Waals surface area (Å²) in [6, 6.07) is 5.00. The van der Waals surface area contributed by atoms with Gasteiger partial charge in [-0.3, -0.25) is 8.78 Å². The summed E-state index contributed by atoms with van der Waals surface area (Å²) in [5.74, 6) is 0.119. The van der Waals surface area contributed by atoms with E-state index in [0.717, 1.165) is 39.0 Å². The van der Waals surface area contributed by atoms with Crippen LogP contribution in [0.5, 0.6) is 0 Å². The molecular weight excluding hydrogens is 522 g/mol. The third-order valence-corrected chi connectivity index (χ3v) is 7.95. The molecule has 1 unspecified atom stereocenters. The Labute approximate surface area is 226 Å². The highest BCUT2D eigenvalue weighted by Crippen LogP contribution is 2.44. The van der Waals surface area contributed by atoms with E-state index in [0.29, 0.717) is 40.4 Å². The SMILES string of the molecule is CN1CCN(c2ccc(Nc3ncc4c(F)c(C5CC5)n(C5=NC(N=S(C)(C)=O)CC=C5)c4n3)cc2F)CC1. The molecule has 1 aliphatic carbocycles. The number of benzene rings is 1. The number of aromatic nitrogens is 3. The number of hydrogen-bond donors (Lipinski definition) is 1. The van der Waals surface area contributed by atoms with Crippen LogP contribution in [0, 0.1) is 11.6 Å². The fourth-order valence-corrected chi connectivity index (χ4v) is 5.83. The smallest absolute Gasteiger partial charge is 0.229 e. The molecule has 3 aromatic rings. The Morgan fingerprint density at radius 2 is 1.90 bits per heavy atom. The van der Waals surface area contributed by atoms with Crippen molar-refractivity contribution in [2.45, 2.75) is 31.3 Å². The van der Waals surface area contributed by atoms with Gasteiger partial charge in [-0.05, 0) is 44.2 Å². The summed E-state index contributed by atoms with van der Waals surface area (Å²) >= 11 is 0. The standard InChI is InChI=1S/C27H32F2N8OS/c1-35-11-13-36(14-12-35)21-10-9-18(15-20(21)28)31-27-30-16-19-24(29)25(17-7-8-17)37(26(19)33-27)23-6-4-5-22(32-23)34-39(2,3)38/h4,6,9-10,15-17,22H,5,7-8,11-14H2,1-3H3,(H,30,31,33). The molecule has 1 aromatic carbocycles. The maximum Gasteiger partial charge on any atom is 0.229 e. The number of allylic oxidation sites excluding steroid dienone is 1. The van der Waals surface area contributed by atoms with Crippen LogP contribution in [0.4, 0.5) is 26.1 Å². The van der Waals surface area contributed by atoms with Crippen LogP contribution in [0.25, 0.3) is 11.0 Å². The first-order valence-corrected chi connectivity index (χ1v) is 15.5. The molecule has 0 amide bonds. The lowest BCUT2D eigenvalue weighted by molar-refractivity contribution is 0.311. The molecule has 206 valence electrons. The Bertz CT molecular complexity index is 1600. The molecule has 0 radical (unpaired) electrons. The molecule has 3 aliphatic rings. The minimum Gasteiger partial charge on any atom is -0.367 e. The zero-order valence-corrected chi connectivity index (χ0v) is 23.1. The summed E-state index contributed by atoms with van der Waals surface area (Å²) in [6.07, 6.45) is 10.1. The lowest BCUT2D eigenvalue weighted by Gasteiger charge is -2.34. The van der Waals surface area contributed by atoms with Gasteiger partial charge in [-0.2, -0.15) is 4.98 Å². The van der Waals surface area contributed by atoms with Gasteiger partial charge < -0.3 is 15.1 Å². The van der Waals surface area contributed by atoms with Crippen LogP contribution >= 0.6 is 0 Å². The van der Waals surface area contributed by atoms with Crippen molar-refractivity contribution in [2.24, 2.45) is 9.36 Å². The van der Waals surface area contributed by atoms with Gasteiger partial charge in [0.05, 0.1) is 16.8 Å². The van der Waals surface area contributed by atoms with Gasteiger partial charge in [-0.1, -0.05) is 6.08 Å². The number of likely N-dealkylation sites (N-methyl/N-ethyl adjacent to an activating group) is 1. The Kier molecular flexibility index (Phi) is 6.62. The van der Waals surface area contributed by atoms with Crippen molar-refractivity contribution < 1.29 is 13.0 Å². The molecule has 2 aliphatic heterocycles. The Morgan fingerprint density at radius 3 is 2.59 bits per heavy atom. The van der Waals surface area contributed by atoms with Gasteiger partial charge >= 0.3 is 0 Å². The number of halogens is 2. The summed E-state index contributed by atoms with van der Waals surface area (Å²) in [4.78, 5) is 17.9. The highest BCUT2D eigenvalue weighted by Gasteiger charge is 2.34. The molecule has 1 saturated heterocycles. The number of nitrogens with one attached hydrogen (secondary N) is 1. The number of hydrogen-bond acceptors (Lipinski definition) is 8. The summed E-state index contributed by atoms with van der Waals surface area (Å²) in [5, 5.41) is 3.37. The molecule has 1 N–H and O–H groups in total. The van der Waals surface area contributed by atoms with E-state index in [9.17, 15) is 4.21 Å². The summed E-state index contributed by atoms with van der Waals surface area (Å²) in [5.41, 5.74) is 1.97. The van der Waals surface area contributed by atoms with E-state index in [1.165, 1.54) is 12.3 Å². The van der Waals surface area contributed by atoms with Crippen LogP contribution in [0.1, 0.15) is 30.9 Å². The fraction of sp³-hybridized carbons (Fsp3) is 0.444. The third kappa shape index (κ3) is 5.40. The molecule has 1 atom stereocenters. The van der Waals surface area contributed by atoms with E-state index >= 15 is 8.78 Å². The van der Waals surface area contributed by atoms with Gasteiger partial charge in [0.25, 0.3) is 0 Å². The normalized spacial score (nSPS) is 20.4.